The molecule has 0 spiro atoms. The van der Waals surface area contributed by atoms with E-state index in [0.29, 0.717) is 11.6 Å². The molecule has 3 heterocycles. The van der Waals surface area contributed by atoms with Crippen LogP contribution in [0.3, 0.4) is 0 Å². The predicted octanol–water partition coefficient (Wildman–Crippen LogP) is 2.43. The smallest absolute Gasteiger partial charge is 0.231 e. The van der Waals surface area contributed by atoms with E-state index in [1.165, 1.54) is 0 Å². The highest BCUT2D eigenvalue weighted by Gasteiger charge is 2.14. The first-order chi connectivity index (χ1) is 10.0. The first-order valence-electron chi connectivity index (χ1n) is 6.71. The average molecular weight is 284 g/mol. The maximum absolute atomic E-state index is 12.1. The average Bonchev–Trinajstić information content (AvgIpc) is 2.96. The van der Waals surface area contributed by atoms with Crippen molar-refractivity contribution >= 4 is 17.4 Å². The highest BCUT2D eigenvalue weighted by Crippen LogP contribution is 2.16. The first-order valence-corrected chi connectivity index (χ1v) is 6.71. The van der Waals surface area contributed by atoms with Crippen LogP contribution in [0.15, 0.2) is 28.9 Å². The molecule has 1 N–H and O–H groups in total. The van der Waals surface area contributed by atoms with Crippen LogP contribution in [0.4, 0.5) is 5.82 Å². The topological polar surface area (TPSA) is 72.4 Å². The molecule has 1 amide bonds. The number of hydrogen-bond donors (Lipinski definition) is 1. The van der Waals surface area contributed by atoms with Crippen LogP contribution in [-0.2, 0) is 11.2 Å². The highest BCUT2D eigenvalue weighted by molar-refractivity contribution is 5.91. The van der Waals surface area contributed by atoms with Gasteiger partial charge in [-0.15, -0.1) is 0 Å². The molecule has 6 heteroatoms. The molecule has 0 fully saturated rings. The summed E-state index contributed by atoms with van der Waals surface area (Å²) in [6, 6.07) is 5.64. The van der Waals surface area contributed by atoms with E-state index in [0.717, 1.165) is 22.6 Å². The zero-order valence-electron chi connectivity index (χ0n) is 12.2. The summed E-state index contributed by atoms with van der Waals surface area (Å²) in [4.78, 5) is 16.7. The summed E-state index contributed by atoms with van der Waals surface area (Å²) >= 11 is 0. The van der Waals surface area contributed by atoms with Crippen molar-refractivity contribution in [2.45, 2.75) is 27.2 Å². The molecule has 0 atom stereocenters. The van der Waals surface area contributed by atoms with Gasteiger partial charge in [-0.3, -0.25) is 4.79 Å². The number of carbonyl (C=O) groups excluding carboxylic acids is 1. The lowest BCUT2D eigenvalue weighted by Gasteiger charge is -2.04. The summed E-state index contributed by atoms with van der Waals surface area (Å²) in [5, 5.41) is 6.48. The van der Waals surface area contributed by atoms with Crippen LogP contribution in [0.1, 0.15) is 22.7 Å². The van der Waals surface area contributed by atoms with E-state index >= 15 is 0 Å². The number of anilines is 1. The van der Waals surface area contributed by atoms with Gasteiger partial charge in [-0.05, 0) is 32.4 Å². The summed E-state index contributed by atoms with van der Waals surface area (Å²) in [6.07, 6.45) is 2.16. The van der Waals surface area contributed by atoms with Gasteiger partial charge in [0.15, 0.2) is 5.82 Å². The van der Waals surface area contributed by atoms with Gasteiger partial charge in [0.1, 0.15) is 11.4 Å². The number of amides is 1. The number of hydrogen-bond acceptors (Lipinski definition) is 4. The van der Waals surface area contributed by atoms with E-state index in [1.807, 2.05) is 36.6 Å². The van der Waals surface area contributed by atoms with Crippen LogP contribution in [-0.4, -0.2) is 20.4 Å². The van der Waals surface area contributed by atoms with Crippen molar-refractivity contribution in [2.24, 2.45) is 0 Å². The summed E-state index contributed by atoms with van der Waals surface area (Å²) in [7, 11) is 0. The molecule has 0 aliphatic heterocycles. The molecule has 0 aromatic carbocycles. The zero-order chi connectivity index (χ0) is 15.0. The van der Waals surface area contributed by atoms with Crippen LogP contribution in [0.2, 0.25) is 0 Å². The van der Waals surface area contributed by atoms with Crippen LogP contribution in [0, 0.1) is 20.8 Å². The molecule has 0 aliphatic rings. The molecule has 0 aliphatic carbocycles. The van der Waals surface area contributed by atoms with Crippen molar-refractivity contribution in [3.05, 3.63) is 47.1 Å². The van der Waals surface area contributed by atoms with Crippen molar-refractivity contribution in [3.8, 4) is 0 Å². The summed E-state index contributed by atoms with van der Waals surface area (Å²) in [5.74, 6) is 0.946. The Bertz CT molecular complexity index is 816. The lowest BCUT2D eigenvalue weighted by molar-refractivity contribution is -0.115. The fourth-order valence-electron chi connectivity index (χ4n) is 2.34. The molecule has 6 nitrogen and oxygen atoms in total. The standard InChI is InChI=1S/C15H16N4O2/c1-9-5-4-6-19-12(11(3)16-15(9)19)8-14(20)17-13-7-10(2)21-18-13/h4-7H,8H2,1-3H3,(H,17,18,20). The van der Waals surface area contributed by atoms with Crippen molar-refractivity contribution in [1.82, 2.24) is 14.5 Å². The van der Waals surface area contributed by atoms with E-state index in [9.17, 15) is 4.79 Å². The van der Waals surface area contributed by atoms with Crippen molar-refractivity contribution in [1.29, 1.82) is 0 Å². The molecule has 0 saturated carbocycles. The van der Waals surface area contributed by atoms with E-state index < -0.39 is 0 Å². The lowest BCUT2D eigenvalue weighted by atomic mass is 10.2. The molecule has 0 unspecified atom stereocenters. The number of nitrogens with one attached hydrogen (secondary N) is 1. The van der Waals surface area contributed by atoms with Crippen molar-refractivity contribution in [3.63, 3.8) is 0 Å². The second-order valence-electron chi connectivity index (χ2n) is 5.08. The van der Waals surface area contributed by atoms with Gasteiger partial charge in [0.25, 0.3) is 0 Å². The summed E-state index contributed by atoms with van der Waals surface area (Å²) in [6.45, 7) is 5.69. The second kappa shape index (κ2) is 5.05. The quantitative estimate of drug-likeness (QED) is 0.801. The van der Waals surface area contributed by atoms with Gasteiger partial charge < -0.3 is 14.2 Å². The second-order valence-corrected chi connectivity index (χ2v) is 5.08. The van der Waals surface area contributed by atoms with E-state index in [1.54, 1.807) is 13.0 Å². The minimum atomic E-state index is -0.144. The van der Waals surface area contributed by atoms with Crippen molar-refractivity contribution in [2.75, 3.05) is 5.32 Å². The third-order valence-corrected chi connectivity index (χ3v) is 3.37. The third kappa shape index (κ3) is 2.52. The first kappa shape index (κ1) is 13.4. The molecule has 21 heavy (non-hydrogen) atoms. The molecule has 3 aromatic heterocycles. The Morgan fingerprint density at radius 2 is 2.19 bits per heavy atom. The van der Waals surface area contributed by atoms with Crippen LogP contribution < -0.4 is 5.32 Å². The van der Waals surface area contributed by atoms with Crippen LogP contribution in [0.5, 0.6) is 0 Å². The minimum absolute atomic E-state index is 0.144. The fraction of sp³-hybridized carbons (Fsp3) is 0.267. The molecule has 108 valence electrons. The molecule has 0 saturated heterocycles. The van der Waals surface area contributed by atoms with Crippen LogP contribution in [0.25, 0.3) is 5.65 Å². The number of aromatic nitrogens is 3. The number of fused-ring (bicyclic) bond motifs is 1. The number of nitrogens with zero attached hydrogens (tertiary/aromatic N) is 3. The Hall–Kier alpha value is -2.63. The van der Waals surface area contributed by atoms with Gasteiger partial charge in [0, 0.05) is 12.3 Å². The Morgan fingerprint density at radius 3 is 2.90 bits per heavy atom. The predicted molar refractivity (Wildman–Crippen MR) is 78.2 cm³/mol. The number of carbonyl (C=O) groups is 1. The van der Waals surface area contributed by atoms with Gasteiger partial charge in [-0.2, -0.15) is 0 Å². The Balaban J connectivity index is 1.86. The van der Waals surface area contributed by atoms with Crippen LogP contribution >= 0.6 is 0 Å². The number of aryl methyl sites for hydroxylation is 3. The van der Waals surface area contributed by atoms with Gasteiger partial charge >= 0.3 is 0 Å². The van der Waals surface area contributed by atoms with Gasteiger partial charge in [0.05, 0.1) is 17.8 Å². The number of pyridine rings is 1. The maximum Gasteiger partial charge on any atom is 0.231 e. The Kier molecular flexibility index (Phi) is 3.21. The normalized spacial score (nSPS) is 11.0. The lowest BCUT2D eigenvalue weighted by Crippen LogP contribution is -2.16. The number of rotatable bonds is 3. The minimum Gasteiger partial charge on any atom is -0.360 e. The fourth-order valence-corrected chi connectivity index (χ4v) is 2.34. The Morgan fingerprint density at radius 1 is 1.38 bits per heavy atom. The molecule has 3 aromatic rings. The zero-order valence-corrected chi connectivity index (χ0v) is 12.2. The summed E-state index contributed by atoms with van der Waals surface area (Å²) < 4.78 is 6.88. The summed E-state index contributed by atoms with van der Waals surface area (Å²) in [5.41, 5.74) is 3.71. The Labute approximate surface area is 121 Å². The van der Waals surface area contributed by atoms with Gasteiger partial charge in [-0.1, -0.05) is 11.2 Å². The van der Waals surface area contributed by atoms with Gasteiger partial charge in [0.2, 0.25) is 5.91 Å². The SMILES string of the molecule is Cc1cc(NC(=O)Cc2c(C)nc3c(C)cccn23)no1. The van der Waals surface area contributed by atoms with E-state index in [2.05, 4.69) is 15.5 Å². The van der Waals surface area contributed by atoms with Gasteiger partial charge in [-0.25, -0.2) is 4.98 Å². The van der Waals surface area contributed by atoms with Crippen molar-refractivity contribution < 1.29 is 9.32 Å². The monoisotopic (exact) mass is 284 g/mol. The van der Waals surface area contributed by atoms with E-state index in [4.69, 9.17) is 4.52 Å². The molecule has 3 rings (SSSR count). The molecule has 0 radical (unpaired) electrons. The molecule has 0 bridgehead atoms. The maximum atomic E-state index is 12.1. The largest absolute Gasteiger partial charge is 0.360 e. The number of imidazole rings is 1. The highest BCUT2D eigenvalue weighted by atomic mass is 16.5. The molecular formula is C15H16N4O2. The van der Waals surface area contributed by atoms with E-state index in [-0.39, 0.29) is 12.3 Å². The third-order valence-electron chi connectivity index (χ3n) is 3.37. The molecular weight excluding hydrogens is 268 g/mol.